The molecule has 1 fully saturated rings. The summed E-state index contributed by atoms with van der Waals surface area (Å²) in [6.07, 6.45) is 0. The van der Waals surface area contributed by atoms with E-state index in [0.29, 0.717) is 28.5 Å². The van der Waals surface area contributed by atoms with Gasteiger partial charge in [-0.2, -0.15) is 0 Å². The van der Waals surface area contributed by atoms with Crippen LogP contribution in [0.25, 0.3) is 0 Å². The van der Waals surface area contributed by atoms with Crippen molar-refractivity contribution >= 4 is 35.0 Å². The van der Waals surface area contributed by atoms with E-state index < -0.39 is 0 Å². The van der Waals surface area contributed by atoms with Crippen LogP contribution in [0.3, 0.4) is 0 Å². The van der Waals surface area contributed by atoms with Crippen molar-refractivity contribution in [1.29, 1.82) is 0 Å². The second-order valence-corrected chi connectivity index (χ2v) is 7.98. The zero-order valence-electron chi connectivity index (χ0n) is 17.2. The third-order valence-electron chi connectivity index (χ3n) is 5.00. The molecular formula is C24H22N2O4S. The highest BCUT2D eigenvalue weighted by Gasteiger charge is 2.35. The molecule has 0 aromatic heterocycles. The number of hydrogen-bond donors (Lipinski definition) is 1. The minimum absolute atomic E-state index is 0.0369. The summed E-state index contributed by atoms with van der Waals surface area (Å²) < 4.78 is 10.6. The molecule has 1 aliphatic rings. The van der Waals surface area contributed by atoms with Gasteiger partial charge in [0.05, 0.1) is 25.7 Å². The SMILES string of the molecule is COc1cccc(C(=O)Nc2ccc(C3SCC(=O)N3c3ccccc3OC)cc2)c1. The van der Waals surface area contributed by atoms with Crippen LogP contribution in [-0.2, 0) is 4.79 Å². The maximum atomic E-state index is 12.6. The first-order valence-corrected chi connectivity index (χ1v) is 10.8. The van der Waals surface area contributed by atoms with E-state index in [1.807, 2.05) is 48.5 Å². The van der Waals surface area contributed by atoms with Gasteiger partial charge in [-0.3, -0.25) is 14.5 Å². The maximum Gasteiger partial charge on any atom is 0.255 e. The van der Waals surface area contributed by atoms with Crippen molar-refractivity contribution in [3.05, 3.63) is 83.9 Å². The van der Waals surface area contributed by atoms with E-state index in [1.54, 1.807) is 55.1 Å². The highest BCUT2D eigenvalue weighted by Crippen LogP contribution is 2.44. The quantitative estimate of drug-likeness (QED) is 0.607. The predicted octanol–water partition coefficient (Wildman–Crippen LogP) is 4.73. The molecule has 6 nitrogen and oxygen atoms in total. The number of amides is 2. The lowest BCUT2D eigenvalue weighted by molar-refractivity contribution is -0.115. The van der Waals surface area contributed by atoms with Crippen molar-refractivity contribution in [1.82, 2.24) is 0 Å². The molecule has 1 saturated heterocycles. The van der Waals surface area contributed by atoms with Crippen LogP contribution < -0.4 is 19.7 Å². The molecule has 0 bridgehead atoms. The first-order valence-electron chi connectivity index (χ1n) is 9.73. The summed E-state index contributed by atoms with van der Waals surface area (Å²) in [4.78, 5) is 26.9. The molecule has 7 heteroatoms. The highest BCUT2D eigenvalue weighted by atomic mass is 32.2. The molecule has 3 aromatic carbocycles. The Morgan fingerprint density at radius 2 is 1.77 bits per heavy atom. The van der Waals surface area contributed by atoms with E-state index >= 15 is 0 Å². The molecule has 2 amide bonds. The van der Waals surface area contributed by atoms with Crippen molar-refractivity contribution in [3.63, 3.8) is 0 Å². The van der Waals surface area contributed by atoms with Gasteiger partial charge in [-0.15, -0.1) is 11.8 Å². The first kappa shape index (κ1) is 20.8. The summed E-state index contributed by atoms with van der Waals surface area (Å²) in [6, 6.07) is 22.0. The number of anilines is 2. The van der Waals surface area contributed by atoms with Crippen LogP contribution >= 0.6 is 11.8 Å². The van der Waals surface area contributed by atoms with Crippen LogP contribution in [0.4, 0.5) is 11.4 Å². The fourth-order valence-electron chi connectivity index (χ4n) is 3.46. The zero-order chi connectivity index (χ0) is 21.8. The predicted molar refractivity (Wildman–Crippen MR) is 123 cm³/mol. The number of hydrogen-bond acceptors (Lipinski definition) is 5. The van der Waals surface area contributed by atoms with Crippen LogP contribution in [0.1, 0.15) is 21.3 Å². The second-order valence-electron chi connectivity index (χ2n) is 6.91. The molecule has 0 spiro atoms. The van der Waals surface area contributed by atoms with Gasteiger partial charge in [0, 0.05) is 11.3 Å². The molecule has 0 aliphatic carbocycles. The van der Waals surface area contributed by atoms with Gasteiger partial charge in [0.2, 0.25) is 5.91 Å². The molecule has 0 radical (unpaired) electrons. The molecule has 1 aliphatic heterocycles. The van der Waals surface area contributed by atoms with E-state index in [4.69, 9.17) is 9.47 Å². The van der Waals surface area contributed by atoms with Gasteiger partial charge < -0.3 is 14.8 Å². The maximum absolute atomic E-state index is 12.6. The number of methoxy groups -OCH3 is 2. The van der Waals surface area contributed by atoms with Crippen LogP contribution in [0.15, 0.2) is 72.8 Å². The number of rotatable bonds is 6. The molecule has 1 N–H and O–H groups in total. The second kappa shape index (κ2) is 9.14. The Morgan fingerprint density at radius 3 is 2.52 bits per heavy atom. The molecule has 1 atom stereocenters. The molecular weight excluding hydrogens is 412 g/mol. The van der Waals surface area contributed by atoms with Crippen LogP contribution in [0.5, 0.6) is 11.5 Å². The average Bonchev–Trinajstić information content (AvgIpc) is 3.20. The Morgan fingerprint density at radius 1 is 1.00 bits per heavy atom. The third-order valence-corrected chi connectivity index (χ3v) is 6.21. The normalized spacial score (nSPS) is 15.6. The summed E-state index contributed by atoms with van der Waals surface area (Å²) in [6.45, 7) is 0. The van der Waals surface area contributed by atoms with Gasteiger partial charge in [-0.1, -0.05) is 30.3 Å². The van der Waals surface area contributed by atoms with Crippen LogP contribution in [-0.4, -0.2) is 31.8 Å². The van der Waals surface area contributed by atoms with Gasteiger partial charge in [-0.25, -0.2) is 0 Å². The van der Waals surface area contributed by atoms with E-state index in [-0.39, 0.29) is 17.2 Å². The van der Waals surface area contributed by atoms with E-state index in [9.17, 15) is 9.59 Å². The van der Waals surface area contributed by atoms with E-state index in [2.05, 4.69) is 5.32 Å². The van der Waals surface area contributed by atoms with Crippen LogP contribution in [0.2, 0.25) is 0 Å². The number of nitrogens with zero attached hydrogens (tertiary/aromatic N) is 1. The fourth-order valence-corrected chi connectivity index (χ4v) is 4.63. The first-order chi connectivity index (χ1) is 15.1. The molecule has 0 saturated carbocycles. The summed E-state index contributed by atoms with van der Waals surface area (Å²) >= 11 is 1.57. The van der Waals surface area contributed by atoms with Gasteiger partial charge in [0.25, 0.3) is 5.91 Å². The largest absolute Gasteiger partial charge is 0.497 e. The lowest BCUT2D eigenvalue weighted by Crippen LogP contribution is -2.28. The summed E-state index contributed by atoms with van der Waals surface area (Å²) in [5.41, 5.74) is 2.92. The standard InChI is InChI=1S/C24H22N2O4S/c1-29-19-7-5-6-17(14-19)23(28)25-18-12-10-16(11-13-18)24-26(22(27)15-31-24)20-8-3-4-9-21(20)30-2/h3-14,24H,15H2,1-2H3,(H,25,28). The summed E-state index contributed by atoms with van der Waals surface area (Å²) in [5.74, 6) is 1.51. The van der Waals surface area contributed by atoms with Crippen molar-refractivity contribution in [3.8, 4) is 11.5 Å². The molecule has 1 unspecified atom stereocenters. The molecule has 4 rings (SSSR count). The zero-order valence-corrected chi connectivity index (χ0v) is 18.0. The highest BCUT2D eigenvalue weighted by molar-refractivity contribution is 8.00. The Balaban J connectivity index is 1.53. The third kappa shape index (κ3) is 4.36. The summed E-state index contributed by atoms with van der Waals surface area (Å²) in [5, 5.41) is 2.74. The Bertz CT molecular complexity index is 1100. The van der Waals surface area contributed by atoms with Crippen molar-refractivity contribution in [2.75, 3.05) is 30.2 Å². The smallest absolute Gasteiger partial charge is 0.255 e. The molecule has 31 heavy (non-hydrogen) atoms. The number of para-hydroxylation sites is 2. The van der Waals surface area contributed by atoms with Crippen molar-refractivity contribution < 1.29 is 19.1 Å². The molecule has 158 valence electrons. The van der Waals surface area contributed by atoms with Crippen molar-refractivity contribution in [2.24, 2.45) is 0 Å². The topological polar surface area (TPSA) is 67.9 Å². The minimum Gasteiger partial charge on any atom is -0.497 e. The fraction of sp³-hybridized carbons (Fsp3) is 0.167. The average molecular weight is 435 g/mol. The van der Waals surface area contributed by atoms with Gasteiger partial charge in [-0.05, 0) is 48.0 Å². The number of ether oxygens (including phenoxy) is 2. The monoisotopic (exact) mass is 434 g/mol. The Hall–Kier alpha value is -3.45. The number of benzene rings is 3. The number of carbonyl (C=O) groups is 2. The Kier molecular flexibility index (Phi) is 6.13. The number of thioether (sulfide) groups is 1. The van der Waals surface area contributed by atoms with Gasteiger partial charge in [0.15, 0.2) is 0 Å². The lowest BCUT2D eigenvalue weighted by atomic mass is 10.1. The minimum atomic E-state index is -0.215. The number of carbonyl (C=O) groups excluding carboxylic acids is 2. The molecule has 3 aromatic rings. The van der Waals surface area contributed by atoms with Crippen molar-refractivity contribution in [2.45, 2.75) is 5.37 Å². The summed E-state index contributed by atoms with van der Waals surface area (Å²) in [7, 11) is 3.16. The van der Waals surface area contributed by atoms with Gasteiger partial charge in [0.1, 0.15) is 16.9 Å². The van der Waals surface area contributed by atoms with E-state index in [1.165, 1.54) is 0 Å². The van der Waals surface area contributed by atoms with E-state index in [0.717, 1.165) is 11.3 Å². The lowest BCUT2D eigenvalue weighted by Gasteiger charge is -2.26. The Labute approximate surface area is 185 Å². The number of nitrogens with one attached hydrogen (secondary N) is 1. The van der Waals surface area contributed by atoms with Crippen LogP contribution in [0, 0.1) is 0 Å². The molecule has 1 heterocycles. The van der Waals surface area contributed by atoms with Gasteiger partial charge >= 0.3 is 0 Å².